The number of carbonyl (C=O) groups is 5. The molecule has 2 N–H and O–H groups in total. The van der Waals surface area contributed by atoms with Gasteiger partial charge in [-0.25, -0.2) is 4.79 Å². The predicted octanol–water partition coefficient (Wildman–Crippen LogP) is 1.86. The minimum Gasteiger partial charge on any atom is -0.469 e. The molecule has 4 rings (SSSR count). The van der Waals surface area contributed by atoms with E-state index in [0.29, 0.717) is 5.57 Å². The molecule has 0 aromatic carbocycles. The molecule has 0 aromatic rings. The van der Waals surface area contributed by atoms with Crippen LogP contribution in [0, 0.1) is 17.3 Å². The van der Waals surface area contributed by atoms with Crippen LogP contribution in [0.4, 0.5) is 0 Å². The first-order valence-electron chi connectivity index (χ1n) is 13.6. The number of ketones is 2. The van der Waals surface area contributed by atoms with Crippen molar-refractivity contribution in [2.24, 2.45) is 17.3 Å². The van der Waals surface area contributed by atoms with Gasteiger partial charge in [-0.05, 0) is 45.3 Å². The molecule has 1 saturated carbocycles. The second-order valence-electron chi connectivity index (χ2n) is 12.2. The van der Waals surface area contributed by atoms with Crippen LogP contribution in [0.5, 0.6) is 0 Å². The third-order valence-corrected chi connectivity index (χ3v) is 9.17. The number of aliphatic hydroxyl groups excluding tert-OH is 1. The number of Topliss-reactive ketones (excluding diaryl/α,β-unsaturated/α-hetero) is 2. The second-order valence-corrected chi connectivity index (χ2v) is 12.2. The first-order valence-corrected chi connectivity index (χ1v) is 13.6. The highest BCUT2D eigenvalue weighted by atomic mass is 16.6. The number of rotatable bonds is 9. The smallest absolute Gasteiger partial charge is 0.339 e. The zero-order valence-corrected chi connectivity index (χ0v) is 23.6. The minimum atomic E-state index is -1.97. The predicted molar refractivity (Wildman–Crippen MR) is 137 cm³/mol. The van der Waals surface area contributed by atoms with Crippen LogP contribution in [-0.2, 0) is 42.9 Å². The zero-order chi connectivity index (χ0) is 29.7. The van der Waals surface area contributed by atoms with E-state index in [-0.39, 0.29) is 63.1 Å². The first kappa shape index (κ1) is 30.1. The van der Waals surface area contributed by atoms with E-state index >= 15 is 0 Å². The number of methoxy groups -OCH3 is 1. The maximum absolute atomic E-state index is 13.7. The van der Waals surface area contributed by atoms with Crippen LogP contribution < -0.4 is 0 Å². The third kappa shape index (κ3) is 5.14. The molecule has 0 aromatic heterocycles. The van der Waals surface area contributed by atoms with Crippen LogP contribution in [-0.4, -0.2) is 76.3 Å². The Balaban J connectivity index is 1.61. The third-order valence-electron chi connectivity index (χ3n) is 9.17. The molecule has 11 heteroatoms. The van der Waals surface area contributed by atoms with Gasteiger partial charge in [-0.1, -0.05) is 13.8 Å². The summed E-state index contributed by atoms with van der Waals surface area (Å²) < 4.78 is 21.9. The molecule has 3 fully saturated rings. The van der Waals surface area contributed by atoms with Gasteiger partial charge in [0.15, 0.2) is 5.78 Å². The molecule has 0 amide bonds. The van der Waals surface area contributed by atoms with Gasteiger partial charge < -0.3 is 29.2 Å². The second kappa shape index (κ2) is 10.5. The van der Waals surface area contributed by atoms with Crippen molar-refractivity contribution in [2.45, 2.75) is 95.5 Å². The van der Waals surface area contributed by atoms with Gasteiger partial charge in [0.25, 0.3) is 0 Å². The maximum Gasteiger partial charge on any atom is 0.339 e. The summed E-state index contributed by atoms with van der Waals surface area (Å²) in [5.41, 5.74) is -5.27. The van der Waals surface area contributed by atoms with Gasteiger partial charge in [0, 0.05) is 35.7 Å². The fraction of sp³-hybridized carbons (Fsp3) is 0.690. The Kier molecular flexibility index (Phi) is 7.90. The summed E-state index contributed by atoms with van der Waals surface area (Å²) in [6.45, 7) is 6.15. The first-order chi connectivity index (χ1) is 18.6. The number of allylic oxidation sites excluding steroid dienone is 2. The van der Waals surface area contributed by atoms with Crippen molar-refractivity contribution in [2.75, 3.05) is 13.7 Å². The Morgan fingerprint density at radius 1 is 1.30 bits per heavy atom. The number of hydrogen-bond donors (Lipinski definition) is 2. The molecule has 1 spiro atoms. The average molecular weight is 563 g/mol. The topological polar surface area (TPSA) is 163 Å². The quantitative estimate of drug-likeness (QED) is 0.311. The van der Waals surface area contributed by atoms with Crippen molar-refractivity contribution < 1.29 is 53.1 Å². The van der Waals surface area contributed by atoms with E-state index in [9.17, 15) is 34.2 Å². The average Bonchev–Trinajstić information content (AvgIpc) is 3.41. The molecule has 0 bridgehead atoms. The number of ether oxygens (including phenoxy) is 4. The summed E-state index contributed by atoms with van der Waals surface area (Å²) in [6, 6.07) is 0. The number of esters is 3. The van der Waals surface area contributed by atoms with Crippen molar-refractivity contribution >= 4 is 29.5 Å². The van der Waals surface area contributed by atoms with Gasteiger partial charge in [-0.2, -0.15) is 0 Å². The van der Waals surface area contributed by atoms with Crippen LogP contribution >= 0.6 is 0 Å². The highest BCUT2D eigenvalue weighted by molar-refractivity contribution is 5.94. The molecule has 3 heterocycles. The Morgan fingerprint density at radius 3 is 2.60 bits per heavy atom. The molecule has 0 unspecified atom stereocenters. The number of aliphatic hydroxyl groups is 2. The zero-order valence-electron chi connectivity index (χ0n) is 23.6. The fourth-order valence-electron chi connectivity index (χ4n) is 6.88. The molecule has 2 saturated heterocycles. The lowest BCUT2D eigenvalue weighted by Crippen LogP contribution is -2.52. The monoisotopic (exact) mass is 562 g/mol. The van der Waals surface area contributed by atoms with Crippen LogP contribution in [0.1, 0.15) is 72.6 Å². The lowest BCUT2D eigenvalue weighted by Gasteiger charge is -2.39. The van der Waals surface area contributed by atoms with Crippen LogP contribution in [0.15, 0.2) is 23.5 Å². The highest BCUT2D eigenvalue weighted by Crippen LogP contribution is 2.57. The summed E-state index contributed by atoms with van der Waals surface area (Å²) in [7, 11) is 1.21. The SMILES string of the molecule is COC(=O)C[C@](C)(CC[C@@]1(O)C[C@]23OC(=O)C[C@H]2O[C@@](C)(CO)[C@@H]3CCC1=O)C(=O)[C@@H](C)C=C1C=C(C)C(=O)O1. The van der Waals surface area contributed by atoms with E-state index in [0.717, 1.165) is 0 Å². The van der Waals surface area contributed by atoms with E-state index in [1.165, 1.54) is 19.3 Å². The molecular formula is C29H38O11. The largest absolute Gasteiger partial charge is 0.469 e. The molecular weight excluding hydrogens is 524 g/mol. The number of cyclic esters (lactones) is 1. The van der Waals surface area contributed by atoms with E-state index in [2.05, 4.69) is 0 Å². The van der Waals surface area contributed by atoms with E-state index in [1.54, 1.807) is 27.7 Å². The van der Waals surface area contributed by atoms with Gasteiger partial charge in [0.05, 0.1) is 32.2 Å². The Morgan fingerprint density at radius 2 is 2.00 bits per heavy atom. The van der Waals surface area contributed by atoms with E-state index in [1.807, 2.05) is 0 Å². The Bertz CT molecular complexity index is 1190. The Labute approximate surface area is 232 Å². The summed E-state index contributed by atoms with van der Waals surface area (Å²) >= 11 is 0. The normalized spacial score (nSPS) is 36.6. The van der Waals surface area contributed by atoms with Crippen molar-refractivity contribution in [1.29, 1.82) is 0 Å². The van der Waals surface area contributed by atoms with Crippen molar-refractivity contribution in [3.63, 3.8) is 0 Å². The standard InChI is InChI=1S/C29H38O11/c1-16(10-18-11-17(2)25(35)38-18)24(34)26(3,13-23(33)37-5)8-9-28(36)14-29-19(6-7-20(28)31)27(4,15-30)39-21(29)12-22(32)40-29/h10-11,16,19,21,30,36H,6-9,12-15H2,1-5H3/t16-,19-,21+,26-,27-,28+,29+/m0/s1. The lowest BCUT2D eigenvalue weighted by atomic mass is 9.68. The Hall–Kier alpha value is -2.89. The van der Waals surface area contributed by atoms with E-state index < -0.39 is 63.8 Å². The highest BCUT2D eigenvalue weighted by Gasteiger charge is 2.70. The summed E-state index contributed by atoms with van der Waals surface area (Å²) in [4.78, 5) is 63.6. The number of hydrogen-bond acceptors (Lipinski definition) is 11. The molecule has 1 aliphatic carbocycles. The molecule has 4 aliphatic rings. The molecule has 3 aliphatic heterocycles. The van der Waals surface area contributed by atoms with Gasteiger partial charge >= 0.3 is 17.9 Å². The van der Waals surface area contributed by atoms with Crippen molar-refractivity contribution in [3.05, 3.63) is 23.5 Å². The van der Waals surface area contributed by atoms with E-state index in [4.69, 9.17) is 18.9 Å². The summed E-state index contributed by atoms with van der Waals surface area (Å²) in [5.74, 6) is -3.51. The van der Waals surface area contributed by atoms with Crippen molar-refractivity contribution in [3.8, 4) is 0 Å². The van der Waals surface area contributed by atoms with Gasteiger partial charge in [-0.3, -0.25) is 19.2 Å². The molecule has 40 heavy (non-hydrogen) atoms. The number of carbonyl (C=O) groups excluding carboxylic acids is 5. The van der Waals surface area contributed by atoms with Gasteiger partial charge in [-0.15, -0.1) is 0 Å². The molecule has 220 valence electrons. The minimum absolute atomic E-state index is 0.0344. The molecule has 11 nitrogen and oxygen atoms in total. The van der Waals surface area contributed by atoms with Crippen LogP contribution in [0.25, 0.3) is 0 Å². The van der Waals surface area contributed by atoms with Crippen molar-refractivity contribution in [1.82, 2.24) is 0 Å². The van der Waals surface area contributed by atoms with Gasteiger partial charge in [0.1, 0.15) is 28.8 Å². The summed E-state index contributed by atoms with van der Waals surface area (Å²) in [5, 5.41) is 21.9. The summed E-state index contributed by atoms with van der Waals surface area (Å²) in [6.07, 6.45) is 1.66. The van der Waals surface area contributed by atoms with Crippen LogP contribution in [0.2, 0.25) is 0 Å². The van der Waals surface area contributed by atoms with Gasteiger partial charge in [0.2, 0.25) is 0 Å². The fourth-order valence-corrected chi connectivity index (χ4v) is 6.88. The van der Waals surface area contributed by atoms with Crippen LogP contribution in [0.3, 0.4) is 0 Å². The molecule has 7 atom stereocenters. The maximum atomic E-state index is 13.7. The molecule has 0 radical (unpaired) electrons. The lowest BCUT2D eigenvalue weighted by molar-refractivity contribution is -0.164.